The van der Waals surface area contributed by atoms with Crippen molar-refractivity contribution in [3.63, 3.8) is 0 Å². The number of fused-ring (bicyclic) bond motifs is 1. The highest BCUT2D eigenvalue weighted by Crippen LogP contribution is 2.36. The highest BCUT2D eigenvalue weighted by molar-refractivity contribution is 7.17. The first-order chi connectivity index (χ1) is 12.3. The van der Waals surface area contributed by atoms with Crippen LogP contribution in [0.3, 0.4) is 0 Å². The molecule has 2 aromatic carbocycles. The van der Waals surface area contributed by atoms with Crippen molar-refractivity contribution in [1.82, 2.24) is 9.97 Å². The van der Waals surface area contributed by atoms with Crippen LogP contribution in [0, 0.1) is 0 Å². The number of aromatic nitrogens is 2. The fraction of sp³-hybridized carbons (Fsp3) is 0. The molecule has 0 radical (unpaired) electrons. The Morgan fingerprint density at radius 1 is 1.00 bits per heavy atom. The van der Waals surface area contributed by atoms with Crippen LogP contribution in [0.25, 0.3) is 21.3 Å². The van der Waals surface area contributed by atoms with Crippen LogP contribution >= 0.6 is 22.9 Å². The number of nitrogens with zero attached hydrogens (tertiary/aromatic N) is 3. The second kappa shape index (κ2) is 7.01. The number of benzene rings is 2. The van der Waals surface area contributed by atoms with E-state index in [1.54, 1.807) is 23.9 Å². The summed E-state index contributed by atoms with van der Waals surface area (Å²) in [6, 6.07) is 17.7. The van der Waals surface area contributed by atoms with Gasteiger partial charge in [-0.1, -0.05) is 54.1 Å². The molecule has 4 rings (SSSR count). The van der Waals surface area contributed by atoms with Crippen LogP contribution < -0.4 is 5.43 Å². The highest BCUT2D eigenvalue weighted by Gasteiger charge is 2.12. The molecule has 122 valence electrons. The molecular formula is C19H13ClN4S. The standard InChI is InChI=1S/C19H13ClN4S/c20-15-8-6-13(7-9-15)10-23-24-18-17-16(14-4-2-1-3-5-14)11-25-19(17)22-12-21-18/h1-12H,(H,21,22,24)/b23-10-. The van der Waals surface area contributed by atoms with Gasteiger partial charge in [-0.2, -0.15) is 5.10 Å². The summed E-state index contributed by atoms with van der Waals surface area (Å²) in [7, 11) is 0. The second-order valence-corrected chi connectivity index (χ2v) is 6.63. The molecule has 6 heteroatoms. The van der Waals surface area contributed by atoms with E-state index in [1.165, 1.54) is 0 Å². The second-order valence-electron chi connectivity index (χ2n) is 5.34. The molecule has 0 aliphatic heterocycles. The van der Waals surface area contributed by atoms with Crippen molar-refractivity contribution in [2.24, 2.45) is 5.10 Å². The van der Waals surface area contributed by atoms with Gasteiger partial charge in [-0.25, -0.2) is 9.97 Å². The molecule has 0 spiro atoms. The predicted molar refractivity (Wildman–Crippen MR) is 106 cm³/mol. The van der Waals surface area contributed by atoms with E-state index < -0.39 is 0 Å². The van der Waals surface area contributed by atoms with Crippen LogP contribution in [-0.2, 0) is 0 Å². The Bertz CT molecular complexity index is 1030. The van der Waals surface area contributed by atoms with E-state index >= 15 is 0 Å². The van der Waals surface area contributed by atoms with Crippen LogP contribution in [0.2, 0.25) is 5.02 Å². The summed E-state index contributed by atoms with van der Waals surface area (Å²) in [4.78, 5) is 9.65. The van der Waals surface area contributed by atoms with E-state index in [0.717, 1.165) is 26.9 Å². The number of hydrazone groups is 1. The topological polar surface area (TPSA) is 50.2 Å². The van der Waals surface area contributed by atoms with Crippen molar-refractivity contribution in [3.05, 3.63) is 76.9 Å². The first-order valence-electron chi connectivity index (χ1n) is 7.63. The van der Waals surface area contributed by atoms with Crippen LogP contribution in [0.4, 0.5) is 5.82 Å². The van der Waals surface area contributed by atoms with E-state index in [9.17, 15) is 0 Å². The molecule has 0 aliphatic rings. The number of halogens is 1. The van der Waals surface area contributed by atoms with Crippen LogP contribution in [0.15, 0.2) is 71.4 Å². The maximum Gasteiger partial charge on any atom is 0.159 e. The molecule has 0 aliphatic carbocycles. The first kappa shape index (κ1) is 15.7. The average molecular weight is 365 g/mol. The quantitative estimate of drug-likeness (QED) is 0.386. The Kier molecular flexibility index (Phi) is 4.41. The van der Waals surface area contributed by atoms with Gasteiger partial charge in [0.05, 0.1) is 11.6 Å². The molecule has 0 amide bonds. The summed E-state index contributed by atoms with van der Waals surface area (Å²) in [6.07, 6.45) is 3.28. The Morgan fingerprint density at radius 2 is 1.80 bits per heavy atom. The van der Waals surface area contributed by atoms with Crippen LogP contribution in [0.1, 0.15) is 5.56 Å². The van der Waals surface area contributed by atoms with Gasteiger partial charge in [0.1, 0.15) is 11.2 Å². The van der Waals surface area contributed by atoms with E-state index in [0.29, 0.717) is 10.8 Å². The SMILES string of the molecule is Clc1ccc(/C=N\Nc2ncnc3scc(-c4ccccc4)c23)cc1. The zero-order chi connectivity index (χ0) is 17.1. The van der Waals surface area contributed by atoms with Crippen molar-refractivity contribution in [3.8, 4) is 11.1 Å². The lowest BCUT2D eigenvalue weighted by Crippen LogP contribution is -1.95. The summed E-state index contributed by atoms with van der Waals surface area (Å²) < 4.78 is 0. The molecule has 0 fully saturated rings. The molecule has 0 saturated heterocycles. The third-order valence-corrected chi connectivity index (χ3v) is 4.85. The molecule has 4 nitrogen and oxygen atoms in total. The lowest BCUT2D eigenvalue weighted by Gasteiger charge is -2.04. The summed E-state index contributed by atoms with van der Waals surface area (Å²) in [5.41, 5.74) is 6.23. The van der Waals surface area contributed by atoms with Crippen molar-refractivity contribution >= 4 is 45.2 Å². The minimum Gasteiger partial charge on any atom is -0.261 e. The molecule has 0 bridgehead atoms. The molecular weight excluding hydrogens is 352 g/mol. The van der Waals surface area contributed by atoms with Crippen LogP contribution in [-0.4, -0.2) is 16.2 Å². The number of nitrogens with one attached hydrogen (secondary N) is 1. The number of anilines is 1. The van der Waals surface area contributed by atoms with Gasteiger partial charge >= 0.3 is 0 Å². The minimum absolute atomic E-state index is 0.690. The molecule has 0 atom stereocenters. The normalized spacial score (nSPS) is 11.2. The molecule has 0 saturated carbocycles. The van der Waals surface area contributed by atoms with Crippen molar-refractivity contribution in [1.29, 1.82) is 0 Å². The Hall–Kier alpha value is -2.76. The highest BCUT2D eigenvalue weighted by atomic mass is 35.5. The third kappa shape index (κ3) is 3.38. The number of hydrogen-bond donors (Lipinski definition) is 1. The van der Waals surface area contributed by atoms with Crippen LogP contribution in [0.5, 0.6) is 0 Å². The summed E-state index contributed by atoms with van der Waals surface area (Å²) in [5.74, 6) is 0.690. The minimum atomic E-state index is 0.690. The van der Waals surface area contributed by atoms with Gasteiger partial charge in [-0.3, -0.25) is 5.43 Å². The smallest absolute Gasteiger partial charge is 0.159 e. The third-order valence-electron chi connectivity index (χ3n) is 3.71. The van der Waals surface area contributed by atoms with Crippen molar-refractivity contribution in [2.45, 2.75) is 0 Å². The van der Waals surface area contributed by atoms with Gasteiger partial charge in [0.15, 0.2) is 5.82 Å². The van der Waals surface area contributed by atoms with E-state index in [4.69, 9.17) is 11.6 Å². The lowest BCUT2D eigenvalue weighted by atomic mass is 10.1. The Labute approximate surface area is 153 Å². The van der Waals surface area contributed by atoms with Crippen molar-refractivity contribution in [2.75, 3.05) is 5.43 Å². The van der Waals surface area contributed by atoms with Gasteiger partial charge < -0.3 is 0 Å². The fourth-order valence-corrected chi connectivity index (χ4v) is 3.55. The summed E-state index contributed by atoms with van der Waals surface area (Å²) in [6.45, 7) is 0. The van der Waals surface area contributed by atoms with E-state index in [1.807, 2.05) is 42.5 Å². The monoisotopic (exact) mass is 364 g/mol. The average Bonchev–Trinajstić information content (AvgIpc) is 3.09. The fourth-order valence-electron chi connectivity index (χ4n) is 2.51. The summed E-state index contributed by atoms with van der Waals surface area (Å²) >= 11 is 7.49. The predicted octanol–water partition coefficient (Wildman–Crippen LogP) is 5.46. The summed E-state index contributed by atoms with van der Waals surface area (Å²) in [5, 5.41) is 8.08. The van der Waals surface area contributed by atoms with E-state index in [2.05, 4.69) is 38.0 Å². The molecule has 4 aromatic rings. The zero-order valence-electron chi connectivity index (χ0n) is 13.1. The molecule has 0 unspecified atom stereocenters. The molecule has 1 N–H and O–H groups in total. The molecule has 2 heterocycles. The molecule has 25 heavy (non-hydrogen) atoms. The Morgan fingerprint density at radius 3 is 2.60 bits per heavy atom. The molecule has 2 aromatic heterocycles. The number of thiophene rings is 1. The maximum atomic E-state index is 5.89. The van der Waals surface area contributed by atoms with E-state index in [-0.39, 0.29) is 0 Å². The lowest BCUT2D eigenvalue weighted by molar-refractivity contribution is 1.19. The largest absolute Gasteiger partial charge is 0.261 e. The Balaban J connectivity index is 1.68. The van der Waals surface area contributed by atoms with Gasteiger partial charge in [-0.05, 0) is 23.3 Å². The first-order valence-corrected chi connectivity index (χ1v) is 8.89. The van der Waals surface area contributed by atoms with Gasteiger partial charge in [0.2, 0.25) is 0 Å². The number of hydrogen-bond acceptors (Lipinski definition) is 5. The maximum absolute atomic E-state index is 5.89. The van der Waals surface area contributed by atoms with Gasteiger partial charge in [0.25, 0.3) is 0 Å². The van der Waals surface area contributed by atoms with Gasteiger partial charge in [-0.15, -0.1) is 11.3 Å². The number of rotatable bonds is 4. The zero-order valence-corrected chi connectivity index (χ0v) is 14.6. The van der Waals surface area contributed by atoms with Gasteiger partial charge in [0, 0.05) is 16.0 Å². The van der Waals surface area contributed by atoms with Crippen molar-refractivity contribution < 1.29 is 0 Å².